The summed E-state index contributed by atoms with van der Waals surface area (Å²) in [7, 11) is 0. The van der Waals surface area contributed by atoms with Crippen LogP contribution in [0.4, 0.5) is 9.59 Å². The van der Waals surface area contributed by atoms with Gasteiger partial charge in [0, 0.05) is 37.8 Å². The lowest BCUT2D eigenvalue weighted by atomic mass is 9.97. The summed E-state index contributed by atoms with van der Waals surface area (Å²) >= 11 is 7.50. The maximum atomic E-state index is 12.8. The number of rotatable bonds is 10. The molecule has 0 bridgehead atoms. The molecule has 0 atom stereocenters. The standard InChI is InChI=1S/C28H25N3O3S.C20H19N3OS.C8H7ClO2/c29-17-23-8-4-5-9-24(23)22-10-11-25-26(16-22)35-28(33)31(25)18-20-12-14-30(15-13-20)27(32)34-19-21-6-2-1-3-7-21;21-12-16-3-1-2-4-17(16)15-5-6-18-19(11-15)25-20(24)23(18)13-14-7-9-22-10-8-14;9-8(10)11-6-7-4-2-1-3-5-7/h1-11,16,20H,12-15,18-19H2;1-6,11,14,22H,7-10,13H2;1-5H,6H2. The molecule has 12 nitrogen and oxygen atoms in total. The van der Waals surface area contributed by atoms with Gasteiger partial charge in [0.25, 0.3) is 0 Å². The van der Waals surface area contributed by atoms with Crippen LogP contribution in [0, 0.1) is 34.5 Å². The van der Waals surface area contributed by atoms with Crippen LogP contribution in [0.1, 0.15) is 47.9 Å². The van der Waals surface area contributed by atoms with Crippen molar-refractivity contribution in [2.24, 2.45) is 11.8 Å². The largest absolute Gasteiger partial charge is 0.449 e. The van der Waals surface area contributed by atoms with Crippen LogP contribution in [0.2, 0.25) is 0 Å². The van der Waals surface area contributed by atoms with Crippen molar-refractivity contribution in [3.63, 3.8) is 0 Å². The third kappa shape index (κ3) is 13.1. The summed E-state index contributed by atoms with van der Waals surface area (Å²) in [5.74, 6) is 0.887. The molecule has 2 aromatic heterocycles. The van der Waals surface area contributed by atoms with E-state index in [-0.39, 0.29) is 29.1 Å². The van der Waals surface area contributed by atoms with Gasteiger partial charge in [-0.3, -0.25) is 18.7 Å². The van der Waals surface area contributed by atoms with E-state index in [0.29, 0.717) is 42.6 Å². The fourth-order valence-electron chi connectivity index (χ4n) is 8.88. The van der Waals surface area contributed by atoms with Crippen molar-refractivity contribution >= 4 is 66.2 Å². The number of likely N-dealkylation sites (tertiary alicyclic amines) is 1. The quantitative estimate of drug-likeness (QED) is 0.132. The Labute approximate surface area is 424 Å². The minimum atomic E-state index is -0.770. The minimum absolute atomic E-state index is 0.0235. The Morgan fingerprint density at radius 1 is 0.592 bits per heavy atom. The molecule has 15 heteroatoms. The zero-order valence-corrected chi connectivity index (χ0v) is 41.3. The lowest BCUT2D eigenvalue weighted by Gasteiger charge is -2.31. The monoisotopic (exact) mass is 1000 g/mol. The number of nitrogens with one attached hydrogen (secondary N) is 1. The number of ether oxygens (including phenoxy) is 2. The van der Waals surface area contributed by atoms with Gasteiger partial charge in [0.15, 0.2) is 0 Å². The van der Waals surface area contributed by atoms with E-state index in [2.05, 4.69) is 22.2 Å². The molecular formula is C56H51ClN6O6S2. The predicted molar refractivity (Wildman–Crippen MR) is 281 cm³/mol. The van der Waals surface area contributed by atoms with Crippen LogP contribution >= 0.6 is 34.3 Å². The van der Waals surface area contributed by atoms with Gasteiger partial charge in [0.05, 0.1) is 43.7 Å². The SMILES string of the molecule is N#Cc1ccccc1-c1ccc2c(c1)sc(=O)n2CC1CCN(C(=O)OCc2ccccc2)CC1.N#Cc1ccccc1-c1ccc2c(c1)sc(=O)n2CC1CCNCC1.O=C(Cl)OCc1ccccc1. The fourth-order valence-corrected chi connectivity index (χ4v) is 10.8. The van der Waals surface area contributed by atoms with E-state index in [1.165, 1.54) is 22.7 Å². The van der Waals surface area contributed by atoms with E-state index in [1.54, 1.807) is 11.0 Å². The van der Waals surface area contributed by atoms with E-state index in [4.69, 9.17) is 16.3 Å². The maximum absolute atomic E-state index is 12.8. The number of aromatic nitrogens is 2. The third-order valence-electron chi connectivity index (χ3n) is 12.7. The highest BCUT2D eigenvalue weighted by atomic mass is 35.5. The summed E-state index contributed by atoms with van der Waals surface area (Å²) < 4.78 is 15.7. The molecule has 0 unspecified atom stereocenters. The van der Waals surface area contributed by atoms with Crippen molar-refractivity contribution in [3.8, 4) is 34.4 Å². The summed E-state index contributed by atoms with van der Waals surface area (Å²) in [5.41, 5.74) is 8.04. The predicted octanol–water partition coefficient (Wildman–Crippen LogP) is 11.8. The second-order valence-corrected chi connectivity index (χ2v) is 19.6. The number of carbonyl (C=O) groups excluding carboxylic acids is 2. The Bertz CT molecular complexity index is 3310. The van der Waals surface area contributed by atoms with E-state index >= 15 is 0 Å². The lowest BCUT2D eigenvalue weighted by Crippen LogP contribution is -2.40. The average molecular weight is 1000 g/mol. The number of halogens is 1. The molecule has 1 N–H and O–H groups in total. The number of nitriles is 2. The summed E-state index contributed by atoms with van der Waals surface area (Å²) in [6, 6.07) is 50.6. The smallest absolute Gasteiger partial charge is 0.410 e. The molecule has 0 radical (unpaired) electrons. The molecule has 6 aromatic carbocycles. The zero-order chi connectivity index (χ0) is 49.5. The molecule has 10 rings (SSSR count). The van der Waals surface area contributed by atoms with Crippen molar-refractivity contribution in [3.05, 3.63) is 187 Å². The highest BCUT2D eigenvalue weighted by molar-refractivity contribution is 7.16. The number of amides is 1. The maximum Gasteiger partial charge on any atom is 0.410 e. The second-order valence-electron chi connectivity index (χ2n) is 17.3. The Morgan fingerprint density at radius 3 is 1.49 bits per heavy atom. The number of benzene rings is 6. The Morgan fingerprint density at radius 2 is 1.03 bits per heavy atom. The number of thiazole rings is 2. The Hall–Kier alpha value is -7.33. The van der Waals surface area contributed by atoms with Crippen LogP contribution in [-0.4, -0.2) is 51.7 Å². The van der Waals surface area contributed by atoms with Gasteiger partial charge < -0.3 is 19.7 Å². The van der Waals surface area contributed by atoms with Gasteiger partial charge in [-0.15, -0.1) is 0 Å². The fraction of sp³-hybridized carbons (Fsp3) is 0.250. The average Bonchev–Trinajstić information content (AvgIpc) is 3.90. The molecule has 71 heavy (non-hydrogen) atoms. The van der Waals surface area contributed by atoms with Gasteiger partial charge in [0.1, 0.15) is 13.2 Å². The van der Waals surface area contributed by atoms with Crippen LogP contribution in [0.15, 0.2) is 155 Å². The van der Waals surface area contributed by atoms with Crippen LogP contribution < -0.4 is 15.1 Å². The molecule has 2 aliphatic rings. The summed E-state index contributed by atoms with van der Waals surface area (Å²) in [6.07, 6.45) is 3.63. The van der Waals surface area contributed by atoms with Gasteiger partial charge in [-0.2, -0.15) is 10.5 Å². The van der Waals surface area contributed by atoms with Gasteiger partial charge in [0.2, 0.25) is 0 Å². The first-order chi connectivity index (χ1) is 34.7. The summed E-state index contributed by atoms with van der Waals surface area (Å²) in [4.78, 5) is 49.8. The van der Waals surface area contributed by atoms with Gasteiger partial charge in [-0.25, -0.2) is 9.59 Å². The Kier molecular flexibility index (Phi) is 17.3. The number of hydrogen-bond donors (Lipinski definition) is 1. The minimum Gasteiger partial charge on any atom is -0.449 e. The zero-order valence-electron chi connectivity index (χ0n) is 38.9. The van der Waals surface area contributed by atoms with Crippen LogP contribution in [0.3, 0.4) is 0 Å². The van der Waals surface area contributed by atoms with Crippen LogP contribution in [-0.2, 0) is 35.8 Å². The van der Waals surface area contributed by atoms with Gasteiger partial charge in [-0.05, 0) is 120 Å². The van der Waals surface area contributed by atoms with Crippen molar-refractivity contribution < 1.29 is 19.1 Å². The molecule has 360 valence electrons. The number of hydrogen-bond acceptors (Lipinski definition) is 11. The van der Waals surface area contributed by atoms with Crippen LogP contribution in [0.5, 0.6) is 0 Å². The van der Waals surface area contributed by atoms with E-state index < -0.39 is 5.43 Å². The normalized spacial score (nSPS) is 13.8. The molecule has 0 aliphatic carbocycles. The lowest BCUT2D eigenvalue weighted by molar-refractivity contribution is 0.0807. The van der Waals surface area contributed by atoms with E-state index in [1.807, 2.05) is 149 Å². The van der Waals surface area contributed by atoms with Crippen LogP contribution in [0.25, 0.3) is 42.7 Å². The molecule has 2 saturated heterocycles. The summed E-state index contributed by atoms with van der Waals surface area (Å²) in [6.45, 7) is 5.29. The second kappa shape index (κ2) is 24.5. The number of carbonyl (C=O) groups is 2. The first-order valence-electron chi connectivity index (χ1n) is 23.5. The number of piperidine rings is 2. The number of fused-ring (bicyclic) bond motifs is 2. The van der Waals surface area contributed by atoms with Crippen molar-refractivity contribution in [2.75, 3.05) is 26.2 Å². The summed E-state index contributed by atoms with van der Waals surface area (Å²) in [5, 5.41) is 22.1. The highest BCUT2D eigenvalue weighted by Crippen LogP contribution is 2.31. The topological polar surface area (TPSA) is 159 Å². The van der Waals surface area contributed by atoms with Gasteiger partial charge >= 0.3 is 21.3 Å². The molecule has 0 spiro atoms. The van der Waals surface area contributed by atoms with Gasteiger partial charge in [-0.1, -0.05) is 132 Å². The number of nitrogens with zero attached hydrogens (tertiary/aromatic N) is 5. The first-order valence-corrected chi connectivity index (χ1v) is 25.5. The molecule has 1 amide bonds. The third-order valence-corrected chi connectivity index (χ3v) is 14.7. The van der Waals surface area contributed by atoms with Crippen molar-refractivity contribution in [2.45, 2.75) is 52.0 Å². The molecule has 8 aromatic rings. The molecule has 2 aliphatic heterocycles. The Balaban J connectivity index is 0.000000163. The van der Waals surface area contributed by atoms with Crippen molar-refractivity contribution in [1.82, 2.24) is 19.4 Å². The highest BCUT2D eigenvalue weighted by Gasteiger charge is 2.25. The molecule has 2 fully saturated rings. The van der Waals surface area contributed by atoms with E-state index in [0.717, 1.165) is 99.1 Å². The molecule has 4 heterocycles. The first kappa shape index (κ1) is 50.1. The van der Waals surface area contributed by atoms with E-state index in [9.17, 15) is 29.7 Å². The molecular weight excluding hydrogens is 952 g/mol. The molecule has 0 saturated carbocycles. The van der Waals surface area contributed by atoms with Crippen molar-refractivity contribution in [1.29, 1.82) is 10.5 Å².